The Hall–Kier alpha value is -1.93. The van der Waals surface area contributed by atoms with Crippen molar-refractivity contribution in [2.45, 2.75) is 42.5 Å². The predicted octanol–water partition coefficient (Wildman–Crippen LogP) is 0.538. The first kappa shape index (κ1) is 15.6. The van der Waals surface area contributed by atoms with Gasteiger partial charge in [0.15, 0.2) is 0 Å². The smallest absolute Gasteiger partial charge is 0.322 e. The molecule has 0 saturated carbocycles. The number of nitrogens with one attached hydrogen (secondary N) is 2. The van der Waals surface area contributed by atoms with Crippen molar-refractivity contribution in [3.8, 4) is 0 Å². The number of nitrogens with zero attached hydrogens (tertiary/aromatic N) is 1. The van der Waals surface area contributed by atoms with Crippen LogP contribution in [-0.4, -0.2) is 43.3 Å². The number of urea groups is 1. The summed E-state index contributed by atoms with van der Waals surface area (Å²) in [5, 5.41) is 4.88. The first-order valence-electron chi connectivity index (χ1n) is 8.16. The van der Waals surface area contributed by atoms with Gasteiger partial charge in [-0.05, 0) is 55.4 Å². The molecule has 8 heteroatoms. The largest absolute Gasteiger partial charge is 0.323 e. The molecule has 2 heterocycles. The Kier molecular flexibility index (Phi) is 3.43. The monoisotopic (exact) mass is 349 g/mol. The standard InChI is InChI=1S/C16H19N3O4S/c20-14-16(18-15(21)17-14)6-8-19(9-7-16)24(22,23)13-5-4-11-2-1-3-12(11)10-13/h4-5,10H,1-3,6-9H2,(H2,17,18,20,21). The summed E-state index contributed by atoms with van der Waals surface area (Å²) in [5.41, 5.74) is 1.39. The molecule has 2 aliphatic heterocycles. The van der Waals surface area contributed by atoms with Gasteiger partial charge in [-0.25, -0.2) is 13.2 Å². The van der Waals surface area contributed by atoms with E-state index in [0.717, 1.165) is 24.8 Å². The normalized spacial score (nSPS) is 23.2. The Morgan fingerprint density at radius 3 is 2.42 bits per heavy atom. The number of benzene rings is 1. The summed E-state index contributed by atoms with van der Waals surface area (Å²) in [6, 6.07) is 4.86. The molecular formula is C16H19N3O4S. The van der Waals surface area contributed by atoms with E-state index in [2.05, 4.69) is 10.6 Å². The van der Waals surface area contributed by atoms with Crippen LogP contribution in [0.1, 0.15) is 30.4 Å². The van der Waals surface area contributed by atoms with Crippen molar-refractivity contribution in [2.75, 3.05) is 13.1 Å². The summed E-state index contributed by atoms with van der Waals surface area (Å²) in [6.07, 6.45) is 3.58. The van der Waals surface area contributed by atoms with E-state index < -0.39 is 21.6 Å². The Balaban J connectivity index is 1.54. The number of piperidine rings is 1. The van der Waals surface area contributed by atoms with Crippen molar-refractivity contribution in [3.63, 3.8) is 0 Å². The highest BCUT2D eigenvalue weighted by atomic mass is 32.2. The van der Waals surface area contributed by atoms with Gasteiger partial charge < -0.3 is 5.32 Å². The highest BCUT2D eigenvalue weighted by Gasteiger charge is 2.49. The van der Waals surface area contributed by atoms with Gasteiger partial charge in [-0.2, -0.15) is 4.31 Å². The molecule has 2 saturated heterocycles. The molecule has 0 bridgehead atoms. The fourth-order valence-corrected chi connectivity index (χ4v) is 5.34. The second-order valence-electron chi connectivity index (χ2n) is 6.68. The lowest BCUT2D eigenvalue weighted by atomic mass is 9.89. The molecule has 0 radical (unpaired) electrons. The van der Waals surface area contributed by atoms with Crippen LogP contribution in [0, 0.1) is 0 Å². The average molecular weight is 349 g/mol. The zero-order chi connectivity index (χ0) is 16.9. The van der Waals surface area contributed by atoms with Crippen LogP contribution in [0.25, 0.3) is 0 Å². The van der Waals surface area contributed by atoms with Gasteiger partial charge in [0.25, 0.3) is 5.91 Å². The van der Waals surface area contributed by atoms with E-state index >= 15 is 0 Å². The minimum atomic E-state index is -3.57. The van der Waals surface area contributed by atoms with Crippen LogP contribution >= 0.6 is 0 Å². The average Bonchev–Trinajstić information content (AvgIpc) is 3.12. The van der Waals surface area contributed by atoms with E-state index in [1.807, 2.05) is 6.07 Å². The predicted molar refractivity (Wildman–Crippen MR) is 85.9 cm³/mol. The maximum atomic E-state index is 12.9. The Bertz CT molecular complexity index is 826. The highest BCUT2D eigenvalue weighted by molar-refractivity contribution is 7.89. The zero-order valence-corrected chi connectivity index (χ0v) is 14.0. The summed E-state index contributed by atoms with van der Waals surface area (Å²) < 4.78 is 27.2. The number of hydrogen-bond acceptors (Lipinski definition) is 4. The van der Waals surface area contributed by atoms with E-state index in [4.69, 9.17) is 0 Å². The molecule has 4 rings (SSSR count). The van der Waals surface area contributed by atoms with Crippen LogP contribution in [0.2, 0.25) is 0 Å². The summed E-state index contributed by atoms with van der Waals surface area (Å²) in [7, 11) is -3.57. The molecule has 0 unspecified atom stereocenters. The molecule has 0 atom stereocenters. The topological polar surface area (TPSA) is 95.6 Å². The zero-order valence-electron chi connectivity index (χ0n) is 13.2. The molecule has 3 aliphatic rings. The number of fused-ring (bicyclic) bond motifs is 1. The fourth-order valence-electron chi connectivity index (χ4n) is 3.85. The van der Waals surface area contributed by atoms with E-state index in [1.54, 1.807) is 12.1 Å². The number of carbonyl (C=O) groups is 2. The minimum Gasteiger partial charge on any atom is -0.323 e. The van der Waals surface area contributed by atoms with Crippen LogP contribution < -0.4 is 10.6 Å². The second kappa shape index (κ2) is 5.29. The van der Waals surface area contributed by atoms with Crippen molar-refractivity contribution >= 4 is 22.0 Å². The van der Waals surface area contributed by atoms with Crippen molar-refractivity contribution in [1.29, 1.82) is 0 Å². The van der Waals surface area contributed by atoms with Gasteiger partial charge in [0, 0.05) is 13.1 Å². The van der Waals surface area contributed by atoms with Crippen LogP contribution in [0.4, 0.5) is 4.79 Å². The number of rotatable bonds is 2. The van der Waals surface area contributed by atoms with Crippen molar-refractivity contribution in [2.24, 2.45) is 0 Å². The second-order valence-corrected chi connectivity index (χ2v) is 8.62. The maximum Gasteiger partial charge on any atom is 0.322 e. The molecule has 3 amide bonds. The van der Waals surface area contributed by atoms with E-state index in [9.17, 15) is 18.0 Å². The first-order chi connectivity index (χ1) is 11.4. The quantitative estimate of drug-likeness (QED) is 0.762. The summed E-state index contributed by atoms with van der Waals surface area (Å²) >= 11 is 0. The lowest BCUT2D eigenvalue weighted by molar-refractivity contribution is -0.125. The molecule has 0 aromatic heterocycles. The van der Waals surface area contributed by atoms with Crippen LogP contribution in [0.3, 0.4) is 0 Å². The fraction of sp³-hybridized carbons (Fsp3) is 0.500. The van der Waals surface area contributed by atoms with Crippen molar-refractivity contribution in [3.05, 3.63) is 29.3 Å². The SMILES string of the molecule is O=C1NC(=O)C2(CCN(S(=O)(=O)c3ccc4c(c3)CCC4)CC2)N1. The maximum absolute atomic E-state index is 12.9. The van der Waals surface area contributed by atoms with Gasteiger partial charge in [0.2, 0.25) is 10.0 Å². The highest BCUT2D eigenvalue weighted by Crippen LogP contribution is 2.31. The minimum absolute atomic E-state index is 0.215. The summed E-state index contributed by atoms with van der Waals surface area (Å²) in [4.78, 5) is 23.6. The molecule has 1 aromatic carbocycles. The van der Waals surface area contributed by atoms with Crippen LogP contribution in [-0.2, 0) is 27.7 Å². The number of sulfonamides is 1. The lowest BCUT2D eigenvalue weighted by Gasteiger charge is -2.36. The molecule has 1 aliphatic carbocycles. The Morgan fingerprint density at radius 2 is 1.75 bits per heavy atom. The summed E-state index contributed by atoms with van der Waals surface area (Å²) in [5.74, 6) is -0.359. The Labute approximate surface area is 140 Å². The number of hydrogen-bond donors (Lipinski definition) is 2. The van der Waals surface area contributed by atoms with E-state index in [1.165, 1.54) is 9.87 Å². The summed E-state index contributed by atoms with van der Waals surface area (Å²) in [6.45, 7) is 0.431. The van der Waals surface area contributed by atoms with Gasteiger partial charge >= 0.3 is 6.03 Å². The molecule has 128 valence electrons. The van der Waals surface area contributed by atoms with Crippen molar-refractivity contribution in [1.82, 2.24) is 14.9 Å². The van der Waals surface area contributed by atoms with Gasteiger partial charge in [-0.15, -0.1) is 0 Å². The third kappa shape index (κ3) is 2.32. The van der Waals surface area contributed by atoms with Crippen LogP contribution in [0.5, 0.6) is 0 Å². The van der Waals surface area contributed by atoms with Gasteiger partial charge in [0.1, 0.15) is 5.54 Å². The molecule has 1 spiro atoms. The van der Waals surface area contributed by atoms with E-state index in [-0.39, 0.29) is 31.8 Å². The van der Waals surface area contributed by atoms with Crippen molar-refractivity contribution < 1.29 is 18.0 Å². The number of aryl methyl sites for hydroxylation is 2. The first-order valence-corrected chi connectivity index (χ1v) is 9.60. The molecule has 1 aromatic rings. The van der Waals surface area contributed by atoms with E-state index in [0.29, 0.717) is 4.90 Å². The number of carbonyl (C=O) groups excluding carboxylic acids is 2. The number of imide groups is 1. The van der Waals surface area contributed by atoms with Crippen LogP contribution in [0.15, 0.2) is 23.1 Å². The molecule has 2 fully saturated rings. The molecule has 7 nitrogen and oxygen atoms in total. The van der Waals surface area contributed by atoms with Gasteiger partial charge in [0.05, 0.1) is 4.90 Å². The molecular weight excluding hydrogens is 330 g/mol. The lowest BCUT2D eigenvalue weighted by Crippen LogP contribution is -2.55. The Morgan fingerprint density at radius 1 is 1.04 bits per heavy atom. The van der Waals surface area contributed by atoms with Gasteiger partial charge in [-0.3, -0.25) is 10.1 Å². The van der Waals surface area contributed by atoms with Gasteiger partial charge in [-0.1, -0.05) is 6.07 Å². The molecule has 24 heavy (non-hydrogen) atoms. The molecule has 2 N–H and O–H groups in total. The third-order valence-corrected chi connectivity index (χ3v) is 7.19. The number of amides is 3. The third-order valence-electron chi connectivity index (χ3n) is 5.30.